The molecule has 0 aromatic carbocycles. The minimum atomic E-state index is 0.171. The van der Waals surface area contributed by atoms with Crippen molar-refractivity contribution in [1.82, 2.24) is 15.5 Å². The maximum atomic E-state index is 5.51. The molecule has 6 heteroatoms. The van der Waals surface area contributed by atoms with E-state index in [1.54, 1.807) is 0 Å². The number of nitrogens with one attached hydrogen (secondary N) is 2. The number of hydrogen-bond acceptors (Lipinski definition) is 4. The van der Waals surface area contributed by atoms with Gasteiger partial charge in [0.1, 0.15) is 0 Å². The summed E-state index contributed by atoms with van der Waals surface area (Å²) in [5.41, 5.74) is 0. The van der Waals surface area contributed by atoms with E-state index in [0.717, 1.165) is 51.9 Å². The monoisotopic (exact) mass is 358 g/mol. The molecular formula is C18H38N4OS. The smallest absolute Gasteiger partial charge is 0.191 e. The van der Waals surface area contributed by atoms with Crippen LogP contribution in [0.15, 0.2) is 4.99 Å². The molecule has 5 nitrogen and oxygen atoms in total. The van der Waals surface area contributed by atoms with E-state index in [4.69, 9.17) is 9.73 Å². The Morgan fingerprint density at radius 1 is 1.25 bits per heavy atom. The average molecular weight is 359 g/mol. The molecule has 1 aliphatic heterocycles. The van der Waals surface area contributed by atoms with Gasteiger partial charge in [0.05, 0.1) is 19.8 Å². The minimum absolute atomic E-state index is 0.171. The maximum Gasteiger partial charge on any atom is 0.191 e. The molecule has 0 aromatic rings. The Morgan fingerprint density at radius 3 is 2.46 bits per heavy atom. The lowest BCUT2D eigenvalue weighted by Crippen LogP contribution is -2.51. The zero-order valence-electron chi connectivity index (χ0n) is 16.5. The molecule has 142 valence electrons. The highest BCUT2D eigenvalue weighted by atomic mass is 32.2. The molecular weight excluding hydrogens is 320 g/mol. The summed E-state index contributed by atoms with van der Waals surface area (Å²) in [5.74, 6) is 1.62. The van der Waals surface area contributed by atoms with Crippen molar-refractivity contribution in [3.63, 3.8) is 0 Å². The third-order valence-corrected chi connectivity index (χ3v) is 5.56. The first-order valence-electron chi connectivity index (χ1n) is 9.27. The van der Waals surface area contributed by atoms with Gasteiger partial charge in [0.2, 0.25) is 0 Å². The lowest BCUT2D eigenvalue weighted by atomic mass is 10.0. The van der Waals surface area contributed by atoms with Crippen LogP contribution in [0.5, 0.6) is 0 Å². The van der Waals surface area contributed by atoms with Crippen LogP contribution in [0.2, 0.25) is 0 Å². The van der Waals surface area contributed by atoms with E-state index in [-0.39, 0.29) is 4.75 Å². The van der Waals surface area contributed by atoms with Gasteiger partial charge in [0, 0.05) is 37.0 Å². The molecule has 0 amide bonds. The first kappa shape index (κ1) is 21.6. The normalized spacial score (nSPS) is 18.7. The molecule has 24 heavy (non-hydrogen) atoms. The summed E-state index contributed by atoms with van der Waals surface area (Å²) in [6.45, 7) is 17.6. The number of guanidine groups is 1. The van der Waals surface area contributed by atoms with Gasteiger partial charge in [-0.25, -0.2) is 0 Å². The van der Waals surface area contributed by atoms with Gasteiger partial charge in [-0.3, -0.25) is 9.89 Å². The van der Waals surface area contributed by atoms with Crippen molar-refractivity contribution in [2.75, 3.05) is 52.2 Å². The van der Waals surface area contributed by atoms with E-state index in [9.17, 15) is 0 Å². The van der Waals surface area contributed by atoms with Crippen molar-refractivity contribution in [2.24, 2.45) is 10.9 Å². The number of hydrogen-bond donors (Lipinski definition) is 2. The SMILES string of the molecule is CCNC(=NCC(C)(C)SC)NCC(CC(C)C)N1CCOCC1. The van der Waals surface area contributed by atoms with Gasteiger partial charge in [0.25, 0.3) is 0 Å². The second-order valence-electron chi connectivity index (χ2n) is 7.47. The van der Waals surface area contributed by atoms with Gasteiger partial charge in [-0.15, -0.1) is 0 Å². The van der Waals surface area contributed by atoms with Crippen molar-refractivity contribution in [3.05, 3.63) is 0 Å². The van der Waals surface area contributed by atoms with E-state index in [0.29, 0.717) is 12.0 Å². The summed E-state index contributed by atoms with van der Waals surface area (Å²) in [6, 6.07) is 0.534. The van der Waals surface area contributed by atoms with Gasteiger partial charge in [-0.2, -0.15) is 11.8 Å². The van der Waals surface area contributed by atoms with Crippen LogP contribution in [0.25, 0.3) is 0 Å². The predicted octanol–water partition coefficient (Wildman–Crippen LogP) is 2.43. The quantitative estimate of drug-likeness (QED) is 0.490. The van der Waals surface area contributed by atoms with Gasteiger partial charge in [-0.05, 0) is 39.4 Å². The van der Waals surface area contributed by atoms with Crippen LogP contribution in [-0.4, -0.2) is 73.8 Å². The highest BCUT2D eigenvalue weighted by Crippen LogP contribution is 2.21. The number of thioether (sulfide) groups is 1. The summed E-state index contributed by atoms with van der Waals surface area (Å²) in [6.07, 6.45) is 3.34. The van der Waals surface area contributed by atoms with E-state index >= 15 is 0 Å². The second-order valence-corrected chi connectivity index (χ2v) is 8.99. The summed E-state index contributed by atoms with van der Waals surface area (Å²) >= 11 is 1.86. The molecule has 1 unspecified atom stereocenters. The first-order valence-corrected chi connectivity index (χ1v) is 10.5. The zero-order valence-corrected chi connectivity index (χ0v) is 17.3. The fourth-order valence-corrected chi connectivity index (χ4v) is 2.93. The number of ether oxygens (including phenoxy) is 1. The lowest BCUT2D eigenvalue weighted by molar-refractivity contribution is 0.0132. The largest absolute Gasteiger partial charge is 0.379 e. The van der Waals surface area contributed by atoms with Crippen LogP contribution >= 0.6 is 11.8 Å². The maximum absolute atomic E-state index is 5.51. The van der Waals surface area contributed by atoms with E-state index in [2.05, 4.69) is 56.4 Å². The van der Waals surface area contributed by atoms with E-state index < -0.39 is 0 Å². The third-order valence-electron chi connectivity index (χ3n) is 4.33. The Hall–Kier alpha value is -0.460. The molecule has 1 aliphatic rings. The van der Waals surface area contributed by atoms with Crippen LogP contribution < -0.4 is 10.6 Å². The van der Waals surface area contributed by atoms with Gasteiger partial charge in [0.15, 0.2) is 5.96 Å². The standard InChI is InChI=1S/C18H38N4OS/c1-7-19-17(21-14-18(4,5)24-6)20-13-16(12-15(2)3)22-8-10-23-11-9-22/h15-16H,7-14H2,1-6H3,(H2,19,20,21). The zero-order chi connectivity index (χ0) is 18.0. The molecule has 0 bridgehead atoms. The van der Waals surface area contributed by atoms with Crippen LogP contribution in [0, 0.1) is 5.92 Å². The molecule has 0 aromatic heterocycles. The third kappa shape index (κ3) is 8.58. The van der Waals surface area contributed by atoms with Crippen molar-refractivity contribution < 1.29 is 4.74 Å². The van der Waals surface area contributed by atoms with Crippen LogP contribution in [0.4, 0.5) is 0 Å². The fourth-order valence-electron chi connectivity index (χ4n) is 2.74. The molecule has 0 spiro atoms. The molecule has 1 heterocycles. The van der Waals surface area contributed by atoms with Gasteiger partial charge < -0.3 is 15.4 Å². The van der Waals surface area contributed by atoms with Crippen LogP contribution in [0.3, 0.4) is 0 Å². The Balaban J connectivity index is 2.63. The number of rotatable bonds is 9. The van der Waals surface area contributed by atoms with Crippen molar-refractivity contribution in [3.8, 4) is 0 Å². The molecule has 1 saturated heterocycles. The molecule has 1 rings (SSSR count). The number of morpholine rings is 1. The number of aliphatic imine (C=N–C) groups is 1. The Bertz CT molecular complexity index is 368. The van der Waals surface area contributed by atoms with Crippen molar-refractivity contribution >= 4 is 17.7 Å². The van der Waals surface area contributed by atoms with E-state index in [1.807, 2.05) is 11.8 Å². The first-order chi connectivity index (χ1) is 11.4. The summed E-state index contributed by atoms with van der Waals surface area (Å²) in [5, 5.41) is 6.94. The second kappa shape index (κ2) is 11.2. The molecule has 0 aliphatic carbocycles. The molecule has 2 N–H and O–H groups in total. The summed E-state index contributed by atoms with van der Waals surface area (Å²) < 4.78 is 5.68. The summed E-state index contributed by atoms with van der Waals surface area (Å²) in [7, 11) is 0. The fraction of sp³-hybridized carbons (Fsp3) is 0.944. The minimum Gasteiger partial charge on any atom is -0.379 e. The van der Waals surface area contributed by atoms with Gasteiger partial charge >= 0.3 is 0 Å². The van der Waals surface area contributed by atoms with Gasteiger partial charge in [-0.1, -0.05) is 13.8 Å². The lowest BCUT2D eigenvalue weighted by Gasteiger charge is -2.35. The summed E-state index contributed by atoms with van der Waals surface area (Å²) in [4.78, 5) is 7.34. The molecule has 0 saturated carbocycles. The number of nitrogens with zero attached hydrogens (tertiary/aromatic N) is 2. The Labute approximate surface area is 153 Å². The predicted molar refractivity (Wildman–Crippen MR) is 107 cm³/mol. The average Bonchev–Trinajstić information content (AvgIpc) is 2.56. The van der Waals surface area contributed by atoms with E-state index in [1.165, 1.54) is 6.42 Å². The molecule has 1 fully saturated rings. The van der Waals surface area contributed by atoms with Crippen molar-refractivity contribution in [2.45, 2.75) is 51.8 Å². The topological polar surface area (TPSA) is 48.9 Å². The Morgan fingerprint density at radius 2 is 1.92 bits per heavy atom. The van der Waals surface area contributed by atoms with Crippen molar-refractivity contribution in [1.29, 1.82) is 0 Å². The highest BCUT2D eigenvalue weighted by Gasteiger charge is 2.22. The van der Waals surface area contributed by atoms with Crippen LogP contribution in [-0.2, 0) is 4.74 Å². The highest BCUT2D eigenvalue weighted by molar-refractivity contribution is 7.99. The molecule has 1 atom stereocenters. The molecule has 0 radical (unpaired) electrons. The Kier molecular flexibility index (Phi) is 10.1. The van der Waals surface area contributed by atoms with Crippen LogP contribution in [0.1, 0.15) is 41.0 Å².